The molecule has 27 heavy (non-hydrogen) atoms. The van der Waals surface area contributed by atoms with E-state index in [-0.39, 0.29) is 5.91 Å². The zero-order chi connectivity index (χ0) is 19.4. The Balaban J connectivity index is 1.80. The number of hydrogen-bond acceptors (Lipinski definition) is 3. The molecule has 138 valence electrons. The number of nitrogens with one attached hydrogen (secondary N) is 1. The maximum absolute atomic E-state index is 11.9. The highest BCUT2D eigenvalue weighted by Crippen LogP contribution is 2.24. The number of benzene rings is 2. The van der Waals surface area contributed by atoms with Crippen LogP contribution in [0, 0.1) is 20.8 Å². The van der Waals surface area contributed by atoms with Gasteiger partial charge in [0, 0.05) is 17.3 Å². The third-order valence-corrected chi connectivity index (χ3v) is 5.12. The smallest absolute Gasteiger partial charge is 0.260 e. The Morgan fingerprint density at radius 1 is 1.07 bits per heavy atom. The van der Waals surface area contributed by atoms with Crippen LogP contribution in [0.15, 0.2) is 54.7 Å². The standard InChI is InChI=1S/C22H21IN2O2/c1-14-5-4-6-21(16(14)3)27-13-17-9-10-24-20(12-17)18-7-8-19(15(2)11-18)22(26)25-23/h4-12H,13H2,1-3H3,(H,25,26). The summed E-state index contributed by atoms with van der Waals surface area (Å²) in [4.78, 5) is 16.3. The predicted octanol–water partition coefficient (Wildman–Crippen LogP) is 5.33. The molecule has 0 saturated carbocycles. The number of hydrogen-bond donors (Lipinski definition) is 1. The van der Waals surface area contributed by atoms with Crippen LogP contribution in [0.25, 0.3) is 11.3 Å². The fourth-order valence-electron chi connectivity index (χ4n) is 2.89. The van der Waals surface area contributed by atoms with Gasteiger partial charge in [-0.25, -0.2) is 0 Å². The van der Waals surface area contributed by atoms with Crippen LogP contribution in [0.5, 0.6) is 5.75 Å². The summed E-state index contributed by atoms with van der Waals surface area (Å²) >= 11 is 1.85. The molecule has 1 aromatic heterocycles. The minimum atomic E-state index is -0.0942. The minimum absolute atomic E-state index is 0.0942. The van der Waals surface area contributed by atoms with E-state index in [4.69, 9.17) is 4.74 Å². The zero-order valence-electron chi connectivity index (χ0n) is 15.5. The van der Waals surface area contributed by atoms with E-state index in [1.165, 1.54) is 5.56 Å². The van der Waals surface area contributed by atoms with Gasteiger partial charge in [0.25, 0.3) is 5.91 Å². The molecular weight excluding hydrogens is 451 g/mol. The van der Waals surface area contributed by atoms with Crippen molar-refractivity contribution in [3.63, 3.8) is 0 Å². The van der Waals surface area contributed by atoms with Gasteiger partial charge in [-0.15, -0.1) is 0 Å². The van der Waals surface area contributed by atoms with Crippen molar-refractivity contribution in [2.24, 2.45) is 0 Å². The molecule has 3 aromatic rings. The van der Waals surface area contributed by atoms with E-state index in [2.05, 4.69) is 28.4 Å². The summed E-state index contributed by atoms with van der Waals surface area (Å²) in [6, 6.07) is 15.8. The molecule has 1 N–H and O–H groups in total. The van der Waals surface area contributed by atoms with Gasteiger partial charge >= 0.3 is 0 Å². The molecular formula is C22H21IN2O2. The molecule has 3 rings (SSSR count). The normalized spacial score (nSPS) is 10.5. The highest BCUT2D eigenvalue weighted by atomic mass is 127. The number of aryl methyl sites for hydroxylation is 2. The van der Waals surface area contributed by atoms with Gasteiger partial charge in [0.15, 0.2) is 0 Å². The molecule has 0 spiro atoms. The maximum Gasteiger partial charge on any atom is 0.260 e. The Kier molecular flexibility index (Phi) is 6.11. The lowest BCUT2D eigenvalue weighted by atomic mass is 10.0. The van der Waals surface area contributed by atoms with Crippen LogP contribution in [0.3, 0.4) is 0 Å². The number of carbonyl (C=O) groups excluding carboxylic acids is 1. The van der Waals surface area contributed by atoms with Gasteiger partial charge in [-0.05, 0) is 73.4 Å². The lowest BCUT2D eigenvalue weighted by molar-refractivity contribution is 0.0989. The highest BCUT2D eigenvalue weighted by Gasteiger charge is 2.10. The molecule has 5 heteroatoms. The van der Waals surface area contributed by atoms with Crippen LogP contribution in [0.4, 0.5) is 0 Å². The molecule has 0 radical (unpaired) electrons. The minimum Gasteiger partial charge on any atom is -0.489 e. The molecule has 0 aliphatic heterocycles. The molecule has 4 nitrogen and oxygen atoms in total. The SMILES string of the molecule is Cc1cc(-c2cc(COc3cccc(C)c3C)ccn2)ccc1C(=O)NI. The predicted molar refractivity (Wildman–Crippen MR) is 116 cm³/mol. The molecule has 2 aromatic carbocycles. The summed E-state index contributed by atoms with van der Waals surface area (Å²) in [5, 5.41) is 0. The molecule has 0 aliphatic rings. The lowest BCUT2D eigenvalue weighted by Gasteiger charge is -2.12. The Morgan fingerprint density at radius 3 is 2.63 bits per heavy atom. The molecule has 1 heterocycles. The molecule has 0 fully saturated rings. The van der Waals surface area contributed by atoms with Crippen LogP contribution in [-0.2, 0) is 6.61 Å². The molecule has 0 unspecified atom stereocenters. The van der Waals surface area contributed by atoms with E-state index in [9.17, 15) is 4.79 Å². The van der Waals surface area contributed by atoms with Gasteiger partial charge in [-0.3, -0.25) is 13.3 Å². The number of carbonyl (C=O) groups is 1. The summed E-state index contributed by atoms with van der Waals surface area (Å²) in [6.45, 7) is 6.56. The summed E-state index contributed by atoms with van der Waals surface area (Å²) < 4.78 is 8.63. The highest BCUT2D eigenvalue weighted by molar-refractivity contribution is 14.1. The Morgan fingerprint density at radius 2 is 1.89 bits per heavy atom. The van der Waals surface area contributed by atoms with Gasteiger partial charge in [-0.2, -0.15) is 0 Å². The summed E-state index contributed by atoms with van der Waals surface area (Å²) in [5.41, 5.74) is 6.85. The number of aromatic nitrogens is 1. The van der Waals surface area contributed by atoms with E-state index in [1.807, 2.05) is 72.3 Å². The number of rotatable bonds is 5. The van der Waals surface area contributed by atoms with Crippen molar-refractivity contribution in [1.29, 1.82) is 0 Å². The van der Waals surface area contributed by atoms with Crippen LogP contribution in [0.2, 0.25) is 0 Å². The third kappa shape index (κ3) is 4.47. The summed E-state index contributed by atoms with van der Waals surface area (Å²) in [6.07, 6.45) is 1.79. The van der Waals surface area contributed by atoms with Gasteiger partial charge in [-0.1, -0.05) is 18.2 Å². The number of pyridine rings is 1. The molecule has 0 aliphatic carbocycles. The second-order valence-electron chi connectivity index (χ2n) is 6.49. The van der Waals surface area contributed by atoms with E-state index < -0.39 is 0 Å². The number of amides is 1. The first kappa shape index (κ1) is 19.4. The largest absolute Gasteiger partial charge is 0.489 e. The van der Waals surface area contributed by atoms with Crippen molar-refractivity contribution < 1.29 is 9.53 Å². The first-order valence-corrected chi connectivity index (χ1v) is 9.73. The lowest BCUT2D eigenvalue weighted by Crippen LogP contribution is -2.13. The summed E-state index contributed by atoms with van der Waals surface area (Å²) in [7, 11) is 0. The number of halogens is 1. The first-order valence-electron chi connectivity index (χ1n) is 8.65. The second kappa shape index (κ2) is 8.52. The summed E-state index contributed by atoms with van der Waals surface area (Å²) in [5.74, 6) is 0.807. The van der Waals surface area contributed by atoms with Crippen molar-refractivity contribution in [1.82, 2.24) is 8.51 Å². The van der Waals surface area contributed by atoms with Crippen molar-refractivity contribution in [3.8, 4) is 17.0 Å². The maximum atomic E-state index is 11.9. The Bertz CT molecular complexity index is 986. The van der Waals surface area contributed by atoms with Crippen LogP contribution < -0.4 is 8.27 Å². The van der Waals surface area contributed by atoms with Crippen LogP contribution in [-0.4, -0.2) is 10.9 Å². The van der Waals surface area contributed by atoms with E-state index in [0.29, 0.717) is 12.2 Å². The van der Waals surface area contributed by atoms with Crippen molar-refractivity contribution >= 4 is 28.8 Å². The molecule has 0 bridgehead atoms. The molecule has 0 atom stereocenters. The average Bonchev–Trinajstić information content (AvgIpc) is 2.68. The van der Waals surface area contributed by atoms with Gasteiger partial charge in [0.05, 0.1) is 28.6 Å². The van der Waals surface area contributed by atoms with Gasteiger partial charge in [0.2, 0.25) is 0 Å². The first-order chi connectivity index (χ1) is 13.0. The number of ether oxygens (including phenoxy) is 1. The van der Waals surface area contributed by atoms with E-state index in [1.54, 1.807) is 6.20 Å². The fourth-order valence-corrected chi connectivity index (χ4v) is 3.18. The molecule has 1 amide bonds. The van der Waals surface area contributed by atoms with Crippen molar-refractivity contribution in [2.75, 3.05) is 0 Å². The van der Waals surface area contributed by atoms with E-state index in [0.717, 1.165) is 33.7 Å². The monoisotopic (exact) mass is 472 g/mol. The quantitative estimate of drug-likeness (QED) is 0.403. The zero-order valence-corrected chi connectivity index (χ0v) is 17.7. The average molecular weight is 472 g/mol. The van der Waals surface area contributed by atoms with Gasteiger partial charge < -0.3 is 4.74 Å². The molecule has 0 saturated heterocycles. The Labute approximate surface area is 173 Å². The van der Waals surface area contributed by atoms with Crippen molar-refractivity contribution in [2.45, 2.75) is 27.4 Å². The second-order valence-corrected chi connectivity index (χ2v) is 7.03. The van der Waals surface area contributed by atoms with E-state index >= 15 is 0 Å². The van der Waals surface area contributed by atoms with Crippen LogP contribution in [0.1, 0.15) is 32.6 Å². The van der Waals surface area contributed by atoms with Crippen molar-refractivity contribution in [3.05, 3.63) is 82.5 Å². The Hall–Kier alpha value is -2.41. The van der Waals surface area contributed by atoms with Crippen LogP contribution >= 0.6 is 22.9 Å². The number of nitrogens with zero attached hydrogens (tertiary/aromatic N) is 1. The van der Waals surface area contributed by atoms with Gasteiger partial charge in [0.1, 0.15) is 12.4 Å². The topological polar surface area (TPSA) is 51.2 Å². The fraction of sp³-hybridized carbons (Fsp3) is 0.182. The third-order valence-electron chi connectivity index (χ3n) is 4.63.